The molecule has 0 aliphatic carbocycles. The van der Waals surface area contributed by atoms with Crippen LogP contribution in [0, 0.1) is 6.92 Å². The molecule has 2 amide bonds. The highest BCUT2D eigenvalue weighted by molar-refractivity contribution is 8.15. The zero-order chi connectivity index (χ0) is 17.4. The van der Waals surface area contributed by atoms with Crippen LogP contribution in [0.15, 0.2) is 29.3 Å². The molecule has 0 saturated carbocycles. The van der Waals surface area contributed by atoms with Gasteiger partial charge < -0.3 is 15.4 Å². The van der Waals surface area contributed by atoms with E-state index >= 15 is 0 Å². The monoisotopic (exact) mass is 349 g/mol. The van der Waals surface area contributed by atoms with E-state index in [9.17, 15) is 9.59 Å². The number of carbonyl (C=O) groups excluding carboxylic acids is 2. The van der Waals surface area contributed by atoms with Crippen molar-refractivity contribution in [3.05, 3.63) is 29.8 Å². The van der Waals surface area contributed by atoms with Crippen LogP contribution in [-0.4, -0.2) is 42.0 Å². The minimum absolute atomic E-state index is 0.128. The quantitative estimate of drug-likeness (QED) is 0.706. The highest BCUT2D eigenvalue weighted by Crippen LogP contribution is 2.23. The Labute approximate surface area is 146 Å². The average molecular weight is 349 g/mol. The summed E-state index contributed by atoms with van der Waals surface area (Å²) < 4.78 is 5.24. The number of carbonyl (C=O) groups is 2. The molecule has 1 heterocycles. The summed E-state index contributed by atoms with van der Waals surface area (Å²) in [5, 5.41) is 5.74. The van der Waals surface area contributed by atoms with E-state index in [-0.39, 0.29) is 18.2 Å². The number of hydrogen-bond donors (Lipinski definition) is 2. The van der Waals surface area contributed by atoms with Gasteiger partial charge in [-0.15, -0.1) is 0 Å². The van der Waals surface area contributed by atoms with E-state index in [0.717, 1.165) is 17.7 Å². The number of benzene rings is 1. The highest BCUT2D eigenvalue weighted by Gasteiger charge is 2.31. The number of amides is 2. The van der Waals surface area contributed by atoms with Gasteiger partial charge in [0.05, 0.1) is 0 Å². The summed E-state index contributed by atoms with van der Waals surface area (Å²) in [5.41, 5.74) is 1.77. The van der Waals surface area contributed by atoms with Crippen molar-refractivity contribution in [2.24, 2.45) is 4.99 Å². The van der Waals surface area contributed by atoms with Crippen LogP contribution in [0.4, 0.5) is 5.69 Å². The first-order valence-corrected chi connectivity index (χ1v) is 8.93. The van der Waals surface area contributed by atoms with Gasteiger partial charge in [0.15, 0.2) is 5.17 Å². The molecule has 0 radical (unpaired) electrons. The summed E-state index contributed by atoms with van der Waals surface area (Å²) in [7, 11) is 0. The lowest BCUT2D eigenvalue weighted by Gasteiger charge is -2.09. The van der Waals surface area contributed by atoms with Gasteiger partial charge in [-0.05, 0) is 31.9 Å². The number of hydrogen-bond acceptors (Lipinski definition) is 5. The topological polar surface area (TPSA) is 79.8 Å². The molecule has 2 N–H and O–H groups in total. The van der Waals surface area contributed by atoms with Gasteiger partial charge in [-0.1, -0.05) is 30.0 Å². The second-order valence-corrected chi connectivity index (χ2v) is 6.59. The molecule has 6 nitrogen and oxygen atoms in total. The molecule has 1 aliphatic heterocycles. The van der Waals surface area contributed by atoms with Crippen LogP contribution in [0.1, 0.15) is 25.3 Å². The third-order valence-electron chi connectivity index (χ3n) is 3.47. The summed E-state index contributed by atoms with van der Waals surface area (Å²) in [6, 6.07) is 7.56. The largest absolute Gasteiger partial charge is 0.382 e. The Morgan fingerprint density at radius 2 is 2.21 bits per heavy atom. The number of para-hydroxylation sites is 1. The number of aryl methyl sites for hydroxylation is 1. The first-order valence-electron chi connectivity index (χ1n) is 8.05. The Balaban J connectivity index is 1.80. The molecular formula is C17H23N3O3S. The molecule has 7 heteroatoms. The van der Waals surface area contributed by atoms with Crippen molar-refractivity contribution < 1.29 is 14.3 Å². The van der Waals surface area contributed by atoms with E-state index in [4.69, 9.17) is 4.74 Å². The summed E-state index contributed by atoms with van der Waals surface area (Å²) >= 11 is 1.31. The number of nitrogens with zero attached hydrogens (tertiary/aromatic N) is 1. The Bertz CT molecular complexity index is 619. The summed E-state index contributed by atoms with van der Waals surface area (Å²) in [6.45, 7) is 5.84. The Morgan fingerprint density at radius 3 is 2.96 bits per heavy atom. The van der Waals surface area contributed by atoms with Crippen molar-refractivity contribution in [3.63, 3.8) is 0 Å². The van der Waals surface area contributed by atoms with Gasteiger partial charge in [-0.3, -0.25) is 14.6 Å². The molecule has 1 aromatic carbocycles. The van der Waals surface area contributed by atoms with Gasteiger partial charge in [-0.2, -0.15) is 0 Å². The van der Waals surface area contributed by atoms with Gasteiger partial charge in [0, 0.05) is 31.9 Å². The van der Waals surface area contributed by atoms with Crippen LogP contribution in [0.25, 0.3) is 0 Å². The number of ether oxygens (including phenoxy) is 1. The lowest BCUT2D eigenvalue weighted by atomic mass is 10.2. The van der Waals surface area contributed by atoms with Crippen molar-refractivity contribution in [2.75, 3.05) is 25.1 Å². The summed E-state index contributed by atoms with van der Waals surface area (Å²) in [6.07, 6.45) is 0.939. The first kappa shape index (κ1) is 18.5. The highest BCUT2D eigenvalue weighted by atomic mass is 32.2. The van der Waals surface area contributed by atoms with Crippen molar-refractivity contribution in [1.29, 1.82) is 0 Å². The van der Waals surface area contributed by atoms with Crippen molar-refractivity contribution in [1.82, 2.24) is 5.32 Å². The van der Waals surface area contributed by atoms with Gasteiger partial charge >= 0.3 is 0 Å². The summed E-state index contributed by atoms with van der Waals surface area (Å²) in [4.78, 5) is 28.4. The van der Waals surface area contributed by atoms with Gasteiger partial charge in [0.2, 0.25) is 11.8 Å². The average Bonchev–Trinajstić information content (AvgIpc) is 2.89. The van der Waals surface area contributed by atoms with E-state index < -0.39 is 5.25 Å². The van der Waals surface area contributed by atoms with Crippen LogP contribution >= 0.6 is 11.8 Å². The molecule has 2 rings (SSSR count). The number of nitrogens with one attached hydrogen (secondary N) is 2. The maximum Gasteiger partial charge on any atom is 0.240 e. The van der Waals surface area contributed by atoms with Crippen LogP contribution in [-0.2, 0) is 14.3 Å². The molecule has 1 aromatic rings. The normalized spacial score (nSPS) is 18.7. The molecule has 1 aliphatic rings. The minimum atomic E-state index is -0.431. The predicted molar refractivity (Wildman–Crippen MR) is 97.4 cm³/mol. The van der Waals surface area contributed by atoms with E-state index in [0.29, 0.717) is 24.9 Å². The third-order valence-corrected chi connectivity index (χ3v) is 4.59. The molecular weight excluding hydrogens is 326 g/mol. The van der Waals surface area contributed by atoms with E-state index in [1.165, 1.54) is 11.8 Å². The van der Waals surface area contributed by atoms with E-state index in [1.54, 1.807) is 0 Å². The fourth-order valence-electron chi connectivity index (χ4n) is 2.19. The van der Waals surface area contributed by atoms with Crippen molar-refractivity contribution in [3.8, 4) is 0 Å². The molecule has 0 bridgehead atoms. The fraction of sp³-hybridized carbons (Fsp3) is 0.471. The smallest absolute Gasteiger partial charge is 0.240 e. The number of thioether (sulfide) groups is 1. The Hall–Kier alpha value is -1.86. The minimum Gasteiger partial charge on any atom is -0.382 e. The van der Waals surface area contributed by atoms with Gasteiger partial charge in [-0.25, -0.2) is 0 Å². The van der Waals surface area contributed by atoms with Gasteiger partial charge in [0.25, 0.3) is 0 Å². The van der Waals surface area contributed by atoms with Crippen LogP contribution < -0.4 is 10.6 Å². The molecule has 0 aromatic heterocycles. The molecule has 1 atom stereocenters. The Kier molecular flexibility index (Phi) is 7.27. The SMILES string of the molecule is CCOCCCN=C1NC(=O)[C@@H](CC(=O)Nc2ccccc2C)S1. The zero-order valence-electron chi connectivity index (χ0n) is 14.0. The van der Waals surface area contributed by atoms with Crippen molar-refractivity contribution in [2.45, 2.75) is 31.9 Å². The molecule has 130 valence electrons. The molecule has 0 spiro atoms. The molecule has 0 unspecified atom stereocenters. The first-order chi connectivity index (χ1) is 11.6. The number of aliphatic imine (C=N–C) groups is 1. The van der Waals surface area contributed by atoms with Crippen LogP contribution in [0.2, 0.25) is 0 Å². The second kappa shape index (κ2) is 9.44. The number of amidine groups is 1. The maximum absolute atomic E-state index is 12.1. The predicted octanol–water partition coefficient (Wildman–Crippen LogP) is 2.34. The molecule has 1 fully saturated rings. The second-order valence-electron chi connectivity index (χ2n) is 5.40. The Morgan fingerprint density at radius 1 is 1.42 bits per heavy atom. The fourth-order valence-corrected chi connectivity index (χ4v) is 3.18. The standard InChI is InChI=1S/C17H23N3O3S/c1-3-23-10-6-9-18-17-20-16(22)14(24-17)11-15(21)19-13-8-5-4-7-12(13)2/h4-5,7-8,14H,3,6,9-11H2,1-2H3,(H,19,21)(H,18,20,22)/t14-/m1/s1. The zero-order valence-corrected chi connectivity index (χ0v) is 14.8. The summed E-state index contributed by atoms with van der Waals surface area (Å²) in [5.74, 6) is -0.335. The van der Waals surface area contributed by atoms with E-state index in [1.807, 2.05) is 38.1 Å². The van der Waals surface area contributed by atoms with Crippen LogP contribution in [0.3, 0.4) is 0 Å². The number of rotatable bonds is 8. The van der Waals surface area contributed by atoms with E-state index in [2.05, 4.69) is 15.6 Å². The number of anilines is 1. The van der Waals surface area contributed by atoms with Crippen LogP contribution in [0.5, 0.6) is 0 Å². The third kappa shape index (κ3) is 5.65. The lowest BCUT2D eigenvalue weighted by molar-refractivity contribution is -0.122. The lowest BCUT2D eigenvalue weighted by Crippen LogP contribution is -2.28. The molecule has 1 saturated heterocycles. The molecule has 24 heavy (non-hydrogen) atoms. The van der Waals surface area contributed by atoms with Crippen molar-refractivity contribution >= 4 is 34.4 Å². The van der Waals surface area contributed by atoms with Gasteiger partial charge in [0.1, 0.15) is 5.25 Å². The maximum atomic E-state index is 12.1.